The predicted molar refractivity (Wildman–Crippen MR) is 129 cm³/mol. The molecule has 0 aliphatic carbocycles. The highest BCUT2D eigenvalue weighted by Gasteiger charge is 2.15. The lowest BCUT2D eigenvalue weighted by Crippen LogP contribution is -2.23. The van der Waals surface area contributed by atoms with E-state index in [1.54, 1.807) is 4.68 Å². The minimum atomic E-state index is -0.918. The molecule has 2 atom stereocenters. The lowest BCUT2D eigenvalue weighted by Gasteiger charge is -2.20. The van der Waals surface area contributed by atoms with Gasteiger partial charge in [-0.25, -0.2) is 4.68 Å². The van der Waals surface area contributed by atoms with Crippen LogP contribution in [0.15, 0.2) is 54.6 Å². The van der Waals surface area contributed by atoms with E-state index in [1.165, 1.54) is 0 Å². The molecule has 3 aromatic rings. The van der Waals surface area contributed by atoms with Crippen LogP contribution in [0.3, 0.4) is 0 Å². The molecule has 3 rings (SSSR count). The highest BCUT2D eigenvalue weighted by Crippen LogP contribution is 2.28. The summed E-state index contributed by atoms with van der Waals surface area (Å²) in [6.07, 6.45) is 0.696. The number of rotatable bonds is 13. The normalized spacial score (nSPS) is 12.8. The number of aromatic nitrogens is 2. The van der Waals surface area contributed by atoms with Gasteiger partial charge in [0.1, 0.15) is 18.1 Å². The van der Waals surface area contributed by atoms with Gasteiger partial charge in [0.25, 0.3) is 0 Å². The zero-order valence-electron chi connectivity index (χ0n) is 19.9. The molecule has 34 heavy (non-hydrogen) atoms. The zero-order chi connectivity index (χ0) is 24.5. The highest BCUT2D eigenvalue weighted by molar-refractivity contribution is 5.66. The molecule has 0 saturated carbocycles. The lowest BCUT2D eigenvalue weighted by atomic mass is 10.0. The topological polar surface area (TPSA) is 106 Å². The molecule has 182 valence electrons. The van der Waals surface area contributed by atoms with Gasteiger partial charge < -0.3 is 19.7 Å². The van der Waals surface area contributed by atoms with Crippen molar-refractivity contribution in [1.82, 2.24) is 15.1 Å². The second kappa shape index (κ2) is 12.2. The molecule has 0 amide bonds. The largest absolute Gasteiger partial charge is 0.486 e. The molecule has 0 saturated heterocycles. The van der Waals surface area contributed by atoms with Gasteiger partial charge in [-0.2, -0.15) is 5.10 Å². The Bertz CT molecular complexity index is 1050. The number of aliphatic hydroxyl groups is 1. The Morgan fingerprint density at radius 1 is 1.09 bits per heavy atom. The van der Waals surface area contributed by atoms with Gasteiger partial charge in [0, 0.05) is 12.6 Å². The first kappa shape index (κ1) is 25.3. The number of carboxylic acid groups (broad SMARTS) is 1. The summed E-state index contributed by atoms with van der Waals surface area (Å²) < 4.78 is 13.8. The van der Waals surface area contributed by atoms with Crippen LogP contribution in [0.5, 0.6) is 11.6 Å². The summed E-state index contributed by atoms with van der Waals surface area (Å²) in [4.78, 5) is 10.6. The van der Waals surface area contributed by atoms with Crippen molar-refractivity contribution in [2.45, 2.75) is 52.4 Å². The number of hydrogen-bond acceptors (Lipinski definition) is 6. The van der Waals surface area contributed by atoms with E-state index >= 15 is 0 Å². The summed E-state index contributed by atoms with van der Waals surface area (Å²) in [6.45, 7) is 6.75. The first-order valence-electron chi connectivity index (χ1n) is 11.6. The van der Waals surface area contributed by atoms with Crippen molar-refractivity contribution in [3.8, 4) is 17.3 Å². The minimum absolute atomic E-state index is 0.0483. The third-order valence-corrected chi connectivity index (χ3v) is 5.30. The van der Waals surface area contributed by atoms with Gasteiger partial charge in [0.2, 0.25) is 5.88 Å². The quantitative estimate of drug-likeness (QED) is 0.317. The zero-order valence-corrected chi connectivity index (χ0v) is 19.9. The van der Waals surface area contributed by atoms with E-state index in [0.29, 0.717) is 18.1 Å². The SMILES string of the molecule is CCCC(Oc1ccc(-n2nc(C)cc2OCC)cc1)c1ccc(C(O)NCCC(=O)O)cc1. The number of aliphatic hydroxyl groups excluding tert-OH is 1. The number of carbonyl (C=O) groups is 1. The molecule has 0 aliphatic rings. The van der Waals surface area contributed by atoms with Crippen LogP contribution in [-0.2, 0) is 4.79 Å². The summed E-state index contributed by atoms with van der Waals surface area (Å²) >= 11 is 0. The van der Waals surface area contributed by atoms with Gasteiger partial charge in [0.05, 0.1) is 24.4 Å². The van der Waals surface area contributed by atoms with Crippen LogP contribution < -0.4 is 14.8 Å². The first-order chi connectivity index (χ1) is 16.4. The molecule has 3 N–H and O–H groups in total. The minimum Gasteiger partial charge on any atom is -0.486 e. The van der Waals surface area contributed by atoms with Crippen LogP contribution in [0.4, 0.5) is 0 Å². The van der Waals surface area contributed by atoms with Gasteiger partial charge in [-0.1, -0.05) is 37.6 Å². The predicted octanol–water partition coefficient (Wildman–Crippen LogP) is 4.55. The number of ether oxygens (including phenoxy) is 2. The Morgan fingerprint density at radius 3 is 2.38 bits per heavy atom. The summed E-state index contributed by atoms with van der Waals surface area (Å²) in [7, 11) is 0. The average molecular weight is 468 g/mol. The number of nitrogens with zero attached hydrogens (tertiary/aromatic N) is 2. The van der Waals surface area contributed by atoms with Gasteiger partial charge >= 0.3 is 5.97 Å². The van der Waals surface area contributed by atoms with Gasteiger partial charge in [0.15, 0.2) is 0 Å². The number of aliphatic carboxylic acids is 1. The van der Waals surface area contributed by atoms with Crippen LogP contribution in [0, 0.1) is 6.92 Å². The molecule has 0 bridgehead atoms. The van der Waals surface area contributed by atoms with Gasteiger partial charge in [-0.3, -0.25) is 10.1 Å². The Labute approximate surface area is 200 Å². The molecule has 0 fully saturated rings. The maximum atomic E-state index is 10.6. The molecule has 8 heteroatoms. The summed E-state index contributed by atoms with van der Waals surface area (Å²) in [5, 5.41) is 26.3. The van der Waals surface area contributed by atoms with E-state index in [-0.39, 0.29) is 19.1 Å². The van der Waals surface area contributed by atoms with Crippen LogP contribution in [0.1, 0.15) is 62.3 Å². The van der Waals surface area contributed by atoms with Crippen molar-refractivity contribution in [3.63, 3.8) is 0 Å². The van der Waals surface area contributed by atoms with Crippen molar-refractivity contribution in [2.24, 2.45) is 0 Å². The maximum absolute atomic E-state index is 10.6. The molecule has 0 radical (unpaired) electrons. The monoisotopic (exact) mass is 467 g/mol. The fraction of sp³-hybridized carbons (Fsp3) is 0.385. The average Bonchev–Trinajstić information content (AvgIpc) is 3.19. The Balaban J connectivity index is 1.68. The third-order valence-electron chi connectivity index (χ3n) is 5.30. The summed E-state index contributed by atoms with van der Waals surface area (Å²) in [5.41, 5.74) is 3.46. The third kappa shape index (κ3) is 6.82. The van der Waals surface area contributed by atoms with Crippen molar-refractivity contribution in [3.05, 3.63) is 71.4 Å². The van der Waals surface area contributed by atoms with E-state index in [4.69, 9.17) is 14.6 Å². The van der Waals surface area contributed by atoms with E-state index in [1.807, 2.05) is 68.4 Å². The molecule has 2 aromatic carbocycles. The van der Waals surface area contributed by atoms with Crippen molar-refractivity contribution in [1.29, 1.82) is 0 Å². The molecule has 2 unspecified atom stereocenters. The van der Waals surface area contributed by atoms with Crippen molar-refractivity contribution in [2.75, 3.05) is 13.2 Å². The number of carboxylic acids is 1. The summed E-state index contributed by atoms with van der Waals surface area (Å²) in [6, 6.07) is 17.2. The second-order valence-corrected chi connectivity index (χ2v) is 8.02. The van der Waals surface area contributed by atoms with E-state index in [2.05, 4.69) is 17.3 Å². The van der Waals surface area contributed by atoms with Crippen LogP contribution in [0.25, 0.3) is 5.69 Å². The Hall–Kier alpha value is -3.36. The molecule has 0 spiro atoms. The Morgan fingerprint density at radius 2 is 1.76 bits per heavy atom. The van der Waals surface area contributed by atoms with E-state index < -0.39 is 12.2 Å². The highest BCUT2D eigenvalue weighted by atomic mass is 16.5. The molecule has 0 aliphatic heterocycles. The van der Waals surface area contributed by atoms with Crippen LogP contribution >= 0.6 is 0 Å². The number of aryl methyl sites for hydroxylation is 1. The fourth-order valence-electron chi connectivity index (χ4n) is 3.62. The molecule has 1 aromatic heterocycles. The van der Waals surface area contributed by atoms with Gasteiger partial charge in [-0.15, -0.1) is 0 Å². The molecule has 1 heterocycles. The van der Waals surface area contributed by atoms with E-state index in [9.17, 15) is 9.90 Å². The van der Waals surface area contributed by atoms with Crippen molar-refractivity contribution >= 4 is 5.97 Å². The van der Waals surface area contributed by atoms with E-state index in [0.717, 1.165) is 35.5 Å². The molecular weight excluding hydrogens is 434 g/mol. The van der Waals surface area contributed by atoms with Crippen LogP contribution in [0.2, 0.25) is 0 Å². The lowest BCUT2D eigenvalue weighted by molar-refractivity contribution is -0.137. The Kier molecular flexibility index (Phi) is 9.07. The smallest absolute Gasteiger partial charge is 0.304 e. The maximum Gasteiger partial charge on any atom is 0.304 e. The van der Waals surface area contributed by atoms with Gasteiger partial charge in [-0.05, 0) is 55.7 Å². The van der Waals surface area contributed by atoms with Crippen molar-refractivity contribution < 1.29 is 24.5 Å². The number of hydrogen-bond donors (Lipinski definition) is 3. The standard InChI is InChI=1S/C26H33N3O5/c1-4-6-23(19-7-9-20(10-8-19)26(32)27-16-15-25(30)31)34-22-13-11-21(12-14-22)29-24(33-5-2)17-18(3)28-29/h7-14,17,23,26-27,32H,4-6,15-16H2,1-3H3,(H,30,31). The van der Waals surface area contributed by atoms with Crippen LogP contribution in [-0.4, -0.2) is 39.1 Å². The fourth-order valence-corrected chi connectivity index (χ4v) is 3.62. The molecular formula is C26H33N3O5. The number of nitrogens with one attached hydrogen (secondary N) is 1. The first-order valence-corrected chi connectivity index (χ1v) is 11.6. The number of benzene rings is 2. The molecule has 8 nitrogen and oxygen atoms in total. The summed E-state index contributed by atoms with van der Waals surface area (Å²) in [5.74, 6) is 0.554. The second-order valence-electron chi connectivity index (χ2n) is 8.02.